The van der Waals surface area contributed by atoms with Gasteiger partial charge in [-0.3, -0.25) is 9.48 Å². The Morgan fingerprint density at radius 2 is 2.25 bits per heavy atom. The molecular formula is C12H17N3O. The molecule has 1 N–H and O–H groups in total. The molecule has 0 aromatic carbocycles. The van der Waals surface area contributed by atoms with Crippen LogP contribution in [0.25, 0.3) is 0 Å². The Balaban J connectivity index is 2.02. The van der Waals surface area contributed by atoms with Crippen molar-refractivity contribution in [1.29, 1.82) is 0 Å². The van der Waals surface area contributed by atoms with Gasteiger partial charge in [0.1, 0.15) is 0 Å². The number of aryl methyl sites for hydroxylation is 1. The minimum absolute atomic E-state index is 0.131. The van der Waals surface area contributed by atoms with E-state index < -0.39 is 0 Å². The Morgan fingerprint density at radius 1 is 1.50 bits per heavy atom. The second kappa shape index (κ2) is 3.34. The zero-order valence-electron chi connectivity index (χ0n) is 9.57. The molecule has 0 radical (unpaired) electrons. The number of carbonyl (C=O) groups is 1. The first-order valence-electron chi connectivity index (χ1n) is 6.00. The van der Waals surface area contributed by atoms with Gasteiger partial charge in [0.15, 0.2) is 0 Å². The van der Waals surface area contributed by atoms with Crippen LogP contribution in [0.4, 0.5) is 0 Å². The molecule has 3 rings (SSSR count). The molecule has 1 saturated heterocycles. The van der Waals surface area contributed by atoms with Crippen molar-refractivity contribution >= 4 is 5.91 Å². The van der Waals surface area contributed by atoms with Crippen LogP contribution in [0.3, 0.4) is 0 Å². The lowest BCUT2D eigenvalue weighted by Gasteiger charge is -2.27. The van der Waals surface area contributed by atoms with Gasteiger partial charge < -0.3 is 5.32 Å². The van der Waals surface area contributed by atoms with Crippen molar-refractivity contribution in [3.05, 3.63) is 18.0 Å². The van der Waals surface area contributed by atoms with Crippen molar-refractivity contribution in [3.63, 3.8) is 0 Å². The molecule has 1 amide bonds. The molecule has 1 saturated carbocycles. The average Bonchev–Trinajstić information content (AvgIpc) is 2.94. The van der Waals surface area contributed by atoms with Crippen molar-refractivity contribution in [2.24, 2.45) is 12.5 Å². The fraction of sp³-hybridized carbons (Fsp3) is 0.667. The number of aromatic nitrogens is 2. The summed E-state index contributed by atoms with van der Waals surface area (Å²) in [7, 11) is 1.96. The number of rotatable bonds is 1. The first-order valence-corrected chi connectivity index (χ1v) is 6.00. The van der Waals surface area contributed by atoms with Crippen LogP contribution in [0, 0.1) is 5.41 Å². The van der Waals surface area contributed by atoms with Crippen molar-refractivity contribution in [2.45, 2.75) is 31.6 Å². The van der Waals surface area contributed by atoms with Crippen LogP contribution in [0.5, 0.6) is 0 Å². The molecule has 1 aromatic rings. The van der Waals surface area contributed by atoms with Gasteiger partial charge in [0.25, 0.3) is 0 Å². The number of hydrogen-bond acceptors (Lipinski definition) is 2. The number of amides is 1. The number of nitrogens with zero attached hydrogens (tertiary/aromatic N) is 2. The molecule has 4 nitrogen and oxygen atoms in total. The lowest BCUT2D eigenvalue weighted by Crippen LogP contribution is -2.31. The number of nitrogens with one attached hydrogen (secondary N) is 1. The zero-order valence-corrected chi connectivity index (χ0v) is 9.57. The van der Waals surface area contributed by atoms with Gasteiger partial charge in [-0.05, 0) is 18.9 Å². The molecule has 1 atom stereocenters. The van der Waals surface area contributed by atoms with Gasteiger partial charge in [-0.25, -0.2) is 0 Å². The van der Waals surface area contributed by atoms with Crippen LogP contribution < -0.4 is 5.32 Å². The van der Waals surface area contributed by atoms with E-state index in [9.17, 15) is 4.79 Å². The van der Waals surface area contributed by atoms with Crippen molar-refractivity contribution in [3.8, 4) is 0 Å². The van der Waals surface area contributed by atoms with Crippen LogP contribution in [0.2, 0.25) is 0 Å². The van der Waals surface area contributed by atoms with Crippen LogP contribution in [0.1, 0.15) is 37.3 Å². The SMILES string of the molecule is Cn1nccc1[C@@H]1CNC(=O)C12CCCC2. The highest BCUT2D eigenvalue weighted by Crippen LogP contribution is 2.51. The fourth-order valence-corrected chi connectivity index (χ4v) is 3.42. The van der Waals surface area contributed by atoms with E-state index >= 15 is 0 Å². The molecule has 2 aliphatic rings. The molecule has 4 heteroatoms. The maximum Gasteiger partial charge on any atom is 0.226 e. The molecule has 2 fully saturated rings. The molecule has 0 unspecified atom stereocenters. The van der Waals surface area contributed by atoms with Crippen LogP contribution in [-0.2, 0) is 11.8 Å². The van der Waals surface area contributed by atoms with Gasteiger partial charge in [-0.2, -0.15) is 5.10 Å². The Kier molecular flexibility index (Phi) is 2.06. The summed E-state index contributed by atoms with van der Waals surface area (Å²) in [6.07, 6.45) is 6.26. The summed E-state index contributed by atoms with van der Waals surface area (Å²) in [6.45, 7) is 0.776. The first kappa shape index (κ1) is 9.87. The Labute approximate surface area is 95.0 Å². The highest BCUT2D eigenvalue weighted by Gasteiger charge is 2.52. The second-order valence-corrected chi connectivity index (χ2v) is 5.01. The maximum atomic E-state index is 12.1. The van der Waals surface area contributed by atoms with Gasteiger partial charge in [0, 0.05) is 31.4 Å². The summed E-state index contributed by atoms with van der Waals surface area (Å²) in [4.78, 5) is 12.1. The summed E-state index contributed by atoms with van der Waals surface area (Å²) in [5.74, 6) is 0.575. The molecule has 0 bridgehead atoms. The highest BCUT2D eigenvalue weighted by molar-refractivity contribution is 5.86. The Bertz CT molecular complexity index is 418. The van der Waals surface area contributed by atoms with Crippen LogP contribution in [-0.4, -0.2) is 22.2 Å². The van der Waals surface area contributed by atoms with E-state index in [1.165, 1.54) is 18.5 Å². The molecule has 1 aliphatic carbocycles. The molecule has 1 aliphatic heterocycles. The smallest absolute Gasteiger partial charge is 0.226 e. The van der Waals surface area contributed by atoms with Crippen molar-refractivity contribution in [2.75, 3.05) is 6.54 Å². The molecule has 2 heterocycles. The van der Waals surface area contributed by atoms with E-state index in [1.807, 2.05) is 24.0 Å². The Morgan fingerprint density at radius 3 is 2.88 bits per heavy atom. The summed E-state index contributed by atoms with van der Waals surface area (Å²) in [6, 6.07) is 2.05. The summed E-state index contributed by atoms with van der Waals surface area (Å²) < 4.78 is 1.91. The van der Waals surface area contributed by atoms with E-state index in [0.29, 0.717) is 5.92 Å². The number of hydrogen-bond donors (Lipinski definition) is 1. The standard InChI is InChI=1S/C12H17N3O/c1-15-10(4-7-14-15)9-8-13-11(16)12(9)5-2-3-6-12/h4,7,9H,2-3,5-6,8H2,1H3,(H,13,16)/t9-/m0/s1. The highest BCUT2D eigenvalue weighted by atomic mass is 16.2. The number of carbonyl (C=O) groups excluding carboxylic acids is 1. The van der Waals surface area contributed by atoms with E-state index in [1.54, 1.807) is 0 Å². The summed E-state index contributed by atoms with van der Waals surface area (Å²) >= 11 is 0. The van der Waals surface area contributed by atoms with Gasteiger partial charge in [-0.15, -0.1) is 0 Å². The van der Waals surface area contributed by atoms with Crippen molar-refractivity contribution in [1.82, 2.24) is 15.1 Å². The first-order chi connectivity index (χ1) is 7.74. The second-order valence-electron chi connectivity index (χ2n) is 5.01. The molecule has 16 heavy (non-hydrogen) atoms. The molecule has 86 valence electrons. The Hall–Kier alpha value is -1.32. The van der Waals surface area contributed by atoms with Crippen molar-refractivity contribution < 1.29 is 4.79 Å². The van der Waals surface area contributed by atoms with E-state index in [2.05, 4.69) is 10.4 Å². The van der Waals surface area contributed by atoms with Crippen LogP contribution >= 0.6 is 0 Å². The van der Waals surface area contributed by atoms with E-state index in [-0.39, 0.29) is 11.3 Å². The topological polar surface area (TPSA) is 46.9 Å². The zero-order chi connectivity index (χ0) is 11.2. The molecule has 1 aromatic heterocycles. The third kappa shape index (κ3) is 1.16. The van der Waals surface area contributed by atoms with Gasteiger partial charge in [-0.1, -0.05) is 12.8 Å². The largest absolute Gasteiger partial charge is 0.355 e. The molecule has 1 spiro atoms. The third-order valence-corrected chi connectivity index (χ3v) is 4.30. The molecular weight excluding hydrogens is 202 g/mol. The fourth-order valence-electron chi connectivity index (χ4n) is 3.42. The van der Waals surface area contributed by atoms with Gasteiger partial charge in [0.05, 0.1) is 5.41 Å². The maximum absolute atomic E-state index is 12.1. The predicted molar refractivity (Wildman–Crippen MR) is 59.9 cm³/mol. The van der Waals surface area contributed by atoms with Gasteiger partial charge in [0.2, 0.25) is 5.91 Å². The summed E-state index contributed by atoms with van der Waals surface area (Å²) in [5, 5.41) is 7.26. The minimum atomic E-state index is -0.131. The average molecular weight is 219 g/mol. The normalized spacial score (nSPS) is 27.6. The lowest BCUT2D eigenvalue weighted by atomic mass is 9.74. The predicted octanol–water partition coefficient (Wildman–Crippen LogP) is 1.19. The van der Waals surface area contributed by atoms with E-state index in [0.717, 1.165) is 19.4 Å². The summed E-state index contributed by atoms with van der Waals surface area (Å²) in [5.41, 5.74) is 1.06. The quantitative estimate of drug-likeness (QED) is 0.771. The van der Waals surface area contributed by atoms with Crippen LogP contribution in [0.15, 0.2) is 12.3 Å². The van der Waals surface area contributed by atoms with Gasteiger partial charge >= 0.3 is 0 Å². The minimum Gasteiger partial charge on any atom is -0.355 e. The monoisotopic (exact) mass is 219 g/mol. The van der Waals surface area contributed by atoms with E-state index in [4.69, 9.17) is 0 Å². The third-order valence-electron chi connectivity index (χ3n) is 4.30. The lowest BCUT2D eigenvalue weighted by molar-refractivity contribution is -0.127.